The highest BCUT2D eigenvalue weighted by Crippen LogP contribution is 2.25. The van der Waals surface area contributed by atoms with Gasteiger partial charge in [-0.25, -0.2) is 5.01 Å². The molecule has 30 heavy (non-hydrogen) atoms. The number of carbonyl (C=O) groups is 2. The van der Waals surface area contributed by atoms with Crippen LogP contribution in [0.2, 0.25) is 5.02 Å². The van der Waals surface area contributed by atoms with E-state index in [1.165, 1.54) is 5.01 Å². The highest BCUT2D eigenvalue weighted by Gasteiger charge is 2.22. The monoisotopic (exact) mass is 426 g/mol. The standard InChI is InChI=1S/C23H27ClN4O2/c1-27(2)21(18-10-6-7-11-19(18)24)16-25-22(29)12-13-23(30)28-15-14-20(26-28)17-8-4-3-5-9-17/h3-11,21H,12-16H2,1-2H3,(H,25,29)/t21-/m1/s1. The number of hydrazone groups is 1. The summed E-state index contributed by atoms with van der Waals surface area (Å²) in [7, 11) is 3.89. The molecule has 0 aromatic heterocycles. The first-order valence-electron chi connectivity index (χ1n) is 10.1. The normalized spacial score (nSPS) is 14.5. The Morgan fingerprint density at radius 2 is 1.80 bits per heavy atom. The molecule has 0 radical (unpaired) electrons. The molecule has 0 spiro atoms. The summed E-state index contributed by atoms with van der Waals surface area (Å²) in [6.45, 7) is 0.976. The highest BCUT2D eigenvalue weighted by molar-refractivity contribution is 6.31. The number of benzene rings is 2. The molecule has 0 aliphatic carbocycles. The Morgan fingerprint density at radius 3 is 2.50 bits per heavy atom. The maximum atomic E-state index is 12.5. The molecule has 1 N–H and O–H groups in total. The number of halogens is 1. The zero-order valence-electron chi connectivity index (χ0n) is 17.3. The van der Waals surface area contributed by atoms with Gasteiger partial charge >= 0.3 is 0 Å². The van der Waals surface area contributed by atoms with Crippen LogP contribution in [0.4, 0.5) is 0 Å². The summed E-state index contributed by atoms with van der Waals surface area (Å²) in [6, 6.07) is 17.4. The van der Waals surface area contributed by atoms with E-state index in [2.05, 4.69) is 10.4 Å². The number of carbonyl (C=O) groups excluding carboxylic acids is 2. The van der Waals surface area contributed by atoms with Crippen LogP contribution in [0.5, 0.6) is 0 Å². The molecule has 1 atom stereocenters. The maximum absolute atomic E-state index is 12.5. The van der Waals surface area contributed by atoms with Crippen molar-refractivity contribution in [1.29, 1.82) is 0 Å². The van der Waals surface area contributed by atoms with Gasteiger partial charge < -0.3 is 10.2 Å². The van der Waals surface area contributed by atoms with Crippen molar-refractivity contribution in [3.05, 3.63) is 70.7 Å². The summed E-state index contributed by atoms with van der Waals surface area (Å²) in [5.74, 6) is -0.292. The molecule has 1 heterocycles. The zero-order chi connectivity index (χ0) is 21.5. The molecule has 0 fully saturated rings. The van der Waals surface area contributed by atoms with E-state index in [-0.39, 0.29) is 30.7 Å². The average Bonchev–Trinajstić information content (AvgIpc) is 3.24. The van der Waals surface area contributed by atoms with Crippen LogP contribution < -0.4 is 5.32 Å². The lowest BCUT2D eigenvalue weighted by atomic mass is 10.1. The van der Waals surface area contributed by atoms with E-state index in [0.29, 0.717) is 18.1 Å². The third kappa shape index (κ3) is 5.68. The smallest absolute Gasteiger partial charge is 0.243 e. The van der Waals surface area contributed by atoms with Gasteiger partial charge in [-0.2, -0.15) is 5.10 Å². The minimum Gasteiger partial charge on any atom is -0.354 e. The lowest BCUT2D eigenvalue weighted by Crippen LogP contribution is -2.35. The molecule has 2 aromatic carbocycles. The van der Waals surface area contributed by atoms with E-state index in [4.69, 9.17) is 11.6 Å². The molecule has 2 aromatic rings. The number of nitrogens with one attached hydrogen (secondary N) is 1. The van der Waals surface area contributed by atoms with Crippen molar-refractivity contribution in [2.24, 2.45) is 5.10 Å². The number of nitrogens with zero attached hydrogens (tertiary/aromatic N) is 3. The lowest BCUT2D eigenvalue weighted by molar-refractivity contribution is -0.133. The topological polar surface area (TPSA) is 65.0 Å². The van der Waals surface area contributed by atoms with Gasteiger partial charge in [0.25, 0.3) is 0 Å². The summed E-state index contributed by atoms with van der Waals surface area (Å²) >= 11 is 6.31. The molecule has 7 heteroatoms. The number of likely N-dealkylation sites (N-methyl/N-ethyl adjacent to an activating group) is 1. The van der Waals surface area contributed by atoms with Gasteiger partial charge in [0, 0.05) is 30.8 Å². The summed E-state index contributed by atoms with van der Waals surface area (Å²) < 4.78 is 0. The van der Waals surface area contributed by atoms with E-state index in [1.54, 1.807) is 0 Å². The number of amides is 2. The molecule has 0 saturated carbocycles. The number of hydrogen-bond donors (Lipinski definition) is 1. The molecule has 0 saturated heterocycles. The second kappa shape index (κ2) is 10.4. The highest BCUT2D eigenvalue weighted by atomic mass is 35.5. The SMILES string of the molecule is CN(C)[C@H](CNC(=O)CCC(=O)N1CCC(c2ccccc2)=N1)c1ccccc1Cl. The summed E-state index contributed by atoms with van der Waals surface area (Å²) in [6.07, 6.45) is 0.995. The van der Waals surface area contributed by atoms with Crippen molar-refractivity contribution in [3.8, 4) is 0 Å². The van der Waals surface area contributed by atoms with Crippen molar-refractivity contribution in [3.63, 3.8) is 0 Å². The zero-order valence-corrected chi connectivity index (χ0v) is 18.1. The first-order chi connectivity index (χ1) is 14.5. The molecule has 0 unspecified atom stereocenters. The summed E-state index contributed by atoms with van der Waals surface area (Å²) in [5, 5.41) is 9.50. The molecule has 3 rings (SSSR count). The van der Waals surface area contributed by atoms with Crippen molar-refractivity contribution in [2.45, 2.75) is 25.3 Å². The van der Waals surface area contributed by atoms with E-state index in [0.717, 1.165) is 23.3 Å². The van der Waals surface area contributed by atoms with Crippen molar-refractivity contribution >= 4 is 29.1 Å². The predicted molar refractivity (Wildman–Crippen MR) is 119 cm³/mol. The third-order valence-corrected chi connectivity index (χ3v) is 5.49. The molecule has 6 nitrogen and oxygen atoms in total. The van der Waals surface area contributed by atoms with Crippen LogP contribution >= 0.6 is 11.6 Å². The fraction of sp³-hybridized carbons (Fsp3) is 0.348. The van der Waals surface area contributed by atoms with E-state index in [1.807, 2.05) is 73.6 Å². The van der Waals surface area contributed by atoms with Crippen LogP contribution in [0.15, 0.2) is 59.7 Å². The third-order valence-electron chi connectivity index (χ3n) is 5.14. The van der Waals surface area contributed by atoms with E-state index < -0.39 is 0 Å². The fourth-order valence-corrected chi connectivity index (χ4v) is 3.70. The minimum atomic E-state index is -0.159. The Bertz CT molecular complexity index is 914. The molecular weight excluding hydrogens is 400 g/mol. The van der Waals surface area contributed by atoms with Crippen LogP contribution in [0.3, 0.4) is 0 Å². The Labute approximate surface area is 182 Å². The average molecular weight is 427 g/mol. The van der Waals surface area contributed by atoms with Crippen molar-refractivity contribution in [1.82, 2.24) is 15.2 Å². The second-order valence-electron chi connectivity index (χ2n) is 7.48. The molecule has 2 amide bonds. The Morgan fingerprint density at radius 1 is 1.10 bits per heavy atom. The van der Waals surface area contributed by atoms with Gasteiger partial charge in [-0.15, -0.1) is 0 Å². The lowest BCUT2D eigenvalue weighted by Gasteiger charge is -2.26. The van der Waals surface area contributed by atoms with Gasteiger partial charge in [0.1, 0.15) is 0 Å². The fourth-order valence-electron chi connectivity index (χ4n) is 3.44. The van der Waals surface area contributed by atoms with Gasteiger partial charge in [0.05, 0.1) is 18.3 Å². The largest absolute Gasteiger partial charge is 0.354 e. The van der Waals surface area contributed by atoms with Gasteiger partial charge in [-0.05, 0) is 31.3 Å². The van der Waals surface area contributed by atoms with Crippen LogP contribution in [0.25, 0.3) is 0 Å². The Kier molecular flexibility index (Phi) is 7.60. The van der Waals surface area contributed by atoms with Crippen LogP contribution in [-0.2, 0) is 9.59 Å². The summed E-state index contributed by atoms with van der Waals surface area (Å²) in [5.41, 5.74) is 2.89. The quantitative estimate of drug-likeness (QED) is 0.702. The molecule has 158 valence electrons. The Hall–Kier alpha value is -2.70. The second-order valence-corrected chi connectivity index (χ2v) is 7.89. The van der Waals surface area contributed by atoms with E-state index in [9.17, 15) is 9.59 Å². The first kappa shape index (κ1) is 22.0. The molecule has 0 bridgehead atoms. The van der Waals surface area contributed by atoms with Crippen molar-refractivity contribution in [2.75, 3.05) is 27.2 Å². The number of hydrogen-bond acceptors (Lipinski definition) is 4. The van der Waals surface area contributed by atoms with Gasteiger partial charge in [0.2, 0.25) is 11.8 Å². The minimum absolute atomic E-state index is 0.0463. The van der Waals surface area contributed by atoms with Gasteiger partial charge in [-0.3, -0.25) is 9.59 Å². The van der Waals surface area contributed by atoms with Gasteiger partial charge in [0.15, 0.2) is 0 Å². The van der Waals surface area contributed by atoms with Crippen molar-refractivity contribution < 1.29 is 9.59 Å². The number of rotatable bonds is 8. The predicted octanol–water partition coefficient (Wildman–Crippen LogP) is 3.48. The first-order valence-corrected chi connectivity index (χ1v) is 10.4. The molecular formula is C23H27ClN4O2. The maximum Gasteiger partial charge on any atom is 0.243 e. The van der Waals surface area contributed by atoms with Crippen LogP contribution in [0.1, 0.15) is 36.4 Å². The van der Waals surface area contributed by atoms with Gasteiger partial charge in [-0.1, -0.05) is 60.1 Å². The van der Waals surface area contributed by atoms with Crippen LogP contribution in [-0.4, -0.2) is 54.6 Å². The summed E-state index contributed by atoms with van der Waals surface area (Å²) in [4.78, 5) is 26.8. The Balaban J connectivity index is 1.49. The van der Waals surface area contributed by atoms with Crippen LogP contribution in [0, 0.1) is 0 Å². The van der Waals surface area contributed by atoms with E-state index >= 15 is 0 Å². The molecule has 1 aliphatic heterocycles. The molecule has 1 aliphatic rings.